The predicted octanol–water partition coefficient (Wildman–Crippen LogP) is 5.19. The van der Waals surface area contributed by atoms with Crippen molar-refractivity contribution in [2.45, 2.75) is 18.7 Å². The second-order valence-corrected chi connectivity index (χ2v) is 5.91. The minimum atomic E-state index is -0.990. The second kappa shape index (κ2) is 5.47. The first kappa shape index (κ1) is 14.6. The van der Waals surface area contributed by atoms with E-state index in [1.807, 2.05) is 0 Å². The summed E-state index contributed by atoms with van der Waals surface area (Å²) in [5.41, 5.74) is 1.59. The van der Waals surface area contributed by atoms with Crippen LogP contribution in [0.25, 0.3) is 0 Å². The summed E-state index contributed by atoms with van der Waals surface area (Å²) < 4.78 is 33.8. The Hall–Kier alpha value is -1.32. The molecule has 1 atom stereocenters. The van der Waals surface area contributed by atoms with E-state index in [0.29, 0.717) is 34.9 Å². The van der Waals surface area contributed by atoms with Gasteiger partial charge in [-0.05, 0) is 36.2 Å². The van der Waals surface area contributed by atoms with Crippen LogP contribution in [-0.4, -0.2) is 6.61 Å². The molecule has 2 aromatic carbocycles. The molecular formula is C16H12Cl2F2O. The maximum atomic E-state index is 14.3. The number of benzene rings is 2. The molecule has 2 aromatic rings. The summed E-state index contributed by atoms with van der Waals surface area (Å²) in [5, 5.41) is -0.510. The van der Waals surface area contributed by atoms with Crippen LogP contribution in [0.5, 0.6) is 5.75 Å². The lowest BCUT2D eigenvalue weighted by molar-refractivity contribution is 0.353. The Labute approximate surface area is 131 Å². The Balaban J connectivity index is 2.16. The highest BCUT2D eigenvalue weighted by molar-refractivity contribution is 6.31. The lowest BCUT2D eigenvalue weighted by atomic mass is 9.98. The zero-order valence-electron chi connectivity index (χ0n) is 11.2. The van der Waals surface area contributed by atoms with Crippen LogP contribution in [0.4, 0.5) is 8.78 Å². The van der Waals surface area contributed by atoms with Gasteiger partial charge in [0.1, 0.15) is 17.4 Å². The maximum Gasteiger partial charge on any atom is 0.134 e. The van der Waals surface area contributed by atoms with E-state index in [1.54, 1.807) is 19.1 Å². The number of halogens is 4. The molecule has 0 aliphatic carbocycles. The molecule has 110 valence electrons. The van der Waals surface area contributed by atoms with E-state index in [0.717, 1.165) is 5.56 Å². The highest BCUT2D eigenvalue weighted by Gasteiger charge is 2.27. The van der Waals surface area contributed by atoms with Gasteiger partial charge in [-0.3, -0.25) is 0 Å². The van der Waals surface area contributed by atoms with Crippen LogP contribution in [0, 0.1) is 18.6 Å². The van der Waals surface area contributed by atoms with E-state index < -0.39 is 17.0 Å². The van der Waals surface area contributed by atoms with Gasteiger partial charge in [0.05, 0.1) is 12.0 Å². The summed E-state index contributed by atoms with van der Waals surface area (Å²) in [6.07, 6.45) is 0.714. The number of alkyl halides is 1. The highest BCUT2D eigenvalue weighted by atomic mass is 35.5. The molecule has 0 fully saturated rings. The molecule has 0 saturated heterocycles. The standard InChI is InChI=1S/C16H12Cl2F2O/c1-8-2-3-12(19)13(15(8)20)14(18)11-7-10(17)6-9-4-5-21-16(9)11/h2-3,6-7,14H,4-5H2,1H3. The van der Waals surface area contributed by atoms with Gasteiger partial charge in [-0.1, -0.05) is 17.7 Å². The molecule has 1 unspecified atom stereocenters. The Kier molecular flexibility index (Phi) is 3.80. The molecule has 0 radical (unpaired) electrons. The van der Waals surface area contributed by atoms with Gasteiger partial charge >= 0.3 is 0 Å². The summed E-state index contributed by atoms with van der Waals surface area (Å²) in [4.78, 5) is 0. The van der Waals surface area contributed by atoms with Crippen molar-refractivity contribution >= 4 is 23.2 Å². The van der Waals surface area contributed by atoms with Gasteiger partial charge in [0.25, 0.3) is 0 Å². The fourth-order valence-electron chi connectivity index (χ4n) is 2.55. The number of aryl methyl sites for hydroxylation is 1. The van der Waals surface area contributed by atoms with Gasteiger partial charge in [-0.15, -0.1) is 11.6 Å². The van der Waals surface area contributed by atoms with Crippen LogP contribution in [0.1, 0.15) is 27.6 Å². The number of hydrogen-bond acceptors (Lipinski definition) is 1. The van der Waals surface area contributed by atoms with Crippen molar-refractivity contribution in [1.82, 2.24) is 0 Å². The molecule has 0 amide bonds. The van der Waals surface area contributed by atoms with Crippen LogP contribution in [0.2, 0.25) is 5.02 Å². The second-order valence-electron chi connectivity index (χ2n) is 5.04. The molecule has 0 spiro atoms. The van der Waals surface area contributed by atoms with Gasteiger partial charge in [-0.25, -0.2) is 8.78 Å². The van der Waals surface area contributed by atoms with Gasteiger partial charge in [0.15, 0.2) is 0 Å². The van der Waals surface area contributed by atoms with Crippen LogP contribution in [0.15, 0.2) is 24.3 Å². The quantitative estimate of drug-likeness (QED) is 0.689. The third kappa shape index (κ3) is 2.49. The maximum absolute atomic E-state index is 14.3. The summed E-state index contributed by atoms with van der Waals surface area (Å²) in [6.45, 7) is 2.09. The topological polar surface area (TPSA) is 9.23 Å². The van der Waals surface area contributed by atoms with E-state index in [4.69, 9.17) is 27.9 Å². The molecule has 0 saturated carbocycles. The molecular weight excluding hydrogens is 317 g/mol. The predicted molar refractivity (Wildman–Crippen MR) is 79.4 cm³/mol. The van der Waals surface area contributed by atoms with Crippen molar-refractivity contribution in [3.05, 3.63) is 63.2 Å². The Morgan fingerprint density at radius 2 is 2.00 bits per heavy atom. The average Bonchev–Trinajstić information content (AvgIpc) is 2.90. The minimum Gasteiger partial charge on any atom is -0.493 e. The van der Waals surface area contributed by atoms with Crippen molar-refractivity contribution < 1.29 is 13.5 Å². The van der Waals surface area contributed by atoms with Gasteiger partial charge in [0, 0.05) is 22.6 Å². The zero-order chi connectivity index (χ0) is 15.1. The molecule has 1 nitrogen and oxygen atoms in total. The Morgan fingerprint density at radius 1 is 1.24 bits per heavy atom. The monoisotopic (exact) mass is 328 g/mol. The largest absolute Gasteiger partial charge is 0.493 e. The first-order chi connectivity index (χ1) is 9.99. The van der Waals surface area contributed by atoms with E-state index in [9.17, 15) is 8.78 Å². The van der Waals surface area contributed by atoms with E-state index >= 15 is 0 Å². The Morgan fingerprint density at radius 3 is 2.76 bits per heavy atom. The summed E-state index contributed by atoms with van der Waals surface area (Å²) in [6, 6.07) is 6.00. The summed E-state index contributed by atoms with van der Waals surface area (Å²) >= 11 is 12.4. The lowest BCUT2D eigenvalue weighted by Gasteiger charge is -2.17. The molecule has 1 heterocycles. The number of rotatable bonds is 2. The fourth-order valence-corrected chi connectivity index (χ4v) is 3.16. The van der Waals surface area contributed by atoms with E-state index in [1.165, 1.54) is 12.1 Å². The van der Waals surface area contributed by atoms with Crippen molar-refractivity contribution in [3.8, 4) is 5.75 Å². The number of hydrogen-bond donors (Lipinski definition) is 0. The van der Waals surface area contributed by atoms with Crippen LogP contribution >= 0.6 is 23.2 Å². The molecule has 5 heteroatoms. The third-order valence-corrected chi connectivity index (χ3v) is 4.29. The van der Waals surface area contributed by atoms with Crippen LogP contribution in [-0.2, 0) is 6.42 Å². The minimum absolute atomic E-state index is 0.170. The highest BCUT2D eigenvalue weighted by Crippen LogP contribution is 2.43. The lowest BCUT2D eigenvalue weighted by Crippen LogP contribution is -2.04. The van der Waals surface area contributed by atoms with Crippen molar-refractivity contribution in [2.24, 2.45) is 0 Å². The van der Waals surface area contributed by atoms with Crippen molar-refractivity contribution in [3.63, 3.8) is 0 Å². The first-order valence-corrected chi connectivity index (χ1v) is 7.34. The molecule has 0 aromatic heterocycles. The molecule has 0 N–H and O–H groups in total. The summed E-state index contributed by atoms with van der Waals surface area (Å²) in [5.74, 6) is -0.730. The third-order valence-electron chi connectivity index (χ3n) is 3.62. The molecule has 21 heavy (non-hydrogen) atoms. The van der Waals surface area contributed by atoms with Crippen molar-refractivity contribution in [2.75, 3.05) is 6.61 Å². The summed E-state index contributed by atoms with van der Waals surface area (Å²) in [7, 11) is 0. The molecule has 1 aliphatic heterocycles. The molecule has 0 bridgehead atoms. The van der Waals surface area contributed by atoms with Crippen LogP contribution < -0.4 is 4.74 Å². The first-order valence-electron chi connectivity index (χ1n) is 6.52. The van der Waals surface area contributed by atoms with E-state index in [2.05, 4.69) is 0 Å². The van der Waals surface area contributed by atoms with Gasteiger partial charge in [-0.2, -0.15) is 0 Å². The van der Waals surface area contributed by atoms with Crippen LogP contribution in [0.3, 0.4) is 0 Å². The SMILES string of the molecule is Cc1ccc(F)c(C(Cl)c2cc(Cl)cc3c2OCC3)c1F. The number of ether oxygens (including phenoxy) is 1. The molecule has 3 rings (SSSR count). The van der Waals surface area contributed by atoms with E-state index in [-0.39, 0.29) is 5.56 Å². The number of fused-ring (bicyclic) bond motifs is 1. The normalized spacial score (nSPS) is 14.7. The van der Waals surface area contributed by atoms with Gasteiger partial charge in [0.2, 0.25) is 0 Å². The fraction of sp³-hybridized carbons (Fsp3) is 0.250. The molecule has 1 aliphatic rings. The smallest absolute Gasteiger partial charge is 0.134 e. The Bertz CT molecular complexity index is 716. The van der Waals surface area contributed by atoms with Crippen molar-refractivity contribution in [1.29, 1.82) is 0 Å². The average molecular weight is 329 g/mol. The zero-order valence-corrected chi connectivity index (χ0v) is 12.7. The van der Waals surface area contributed by atoms with Gasteiger partial charge < -0.3 is 4.74 Å².